The van der Waals surface area contributed by atoms with Crippen molar-refractivity contribution in [3.8, 4) is 0 Å². The van der Waals surface area contributed by atoms with Crippen LogP contribution in [0.2, 0.25) is 0 Å². The smallest absolute Gasteiger partial charge is 0.144 e. The Morgan fingerprint density at radius 1 is 1.33 bits per heavy atom. The van der Waals surface area contributed by atoms with Crippen LogP contribution in [0, 0.1) is 13.8 Å². The Balaban J connectivity index is 2.35. The molecule has 1 rings (SSSR count). The van der Waals surface area contributed by atoms with Gasteiger partial charge in [-0.2, -0.15) is 0 Å². The summed E-state index contributed by atoms with van der Waals surface area (Å²) in [7, 11) is 0. The minimum atomic E-state index is 0.276. The normalized spacial score (nSPS) is 10.7. The second-order valence-electron chi connectivity index (χ2n) is 3.77. The van der Waals surface area contributed by atoms with Crippen molar-refractivity contribution in [2.75, 3.05) is 18.5 Å². The van der Waals surface area contributed by atoms with Gasteiger partial charge in [0.2, 0.25) is 0 Å². The van der Waals surface area contributed by atoms with Crippen LogP contribution in [0.4, 0.5) is 5.82 Å². The Morgan fingerprint density at radius 3 is 2.67 bits per heavy atom. The molecule has 0 aliphatic rings. The fourth-order valence-corrected chi connectivity index (χ4v) is 1.10. The summed E-state index contributed by atoms with van der Waals surface area (Å²) in [4.78, 5) is 8.59. The molecule has 1 heterocycles. The van der Waals surface area contributed by atoms with E-state index in [1.165, 1.54) is 0 Å². The van der Waals surface area contributed by atoms with Gasteiger partial charge in [0, 0.05) is 6.54 Å². The number of ether oxygens (including phenoxy) is 1. The highest BCUT2D eigenvalue weighted by Gasteiger charge is 1.98. The van der Waals surface area contributed by atoms with Crippen LogP contribution >= 0.6 is 0 Å². The molecule has 0 aliphatic heterocycles. The Kier molecular flexibility index (Phi) is 4.49. The van der Waals surface area contributed by atoms with E-state index in [4.69, 9.17) is 4.74 Å². The first kappa shape index (κ1) is 11.9. The molecular formula is C11H19N3O. The van der Waals surface area contributed by atoms with Crippen LogP contribution < -0.4 is 5.32 Å². The van der Waals surface area contributed by atoms with E-state index in [1.54, 1.807) is 6.20 Å². The van der Waals surface area contributed by atoms with Gasteiger partial charge in [-0.1, -0.05) is 0 Å². The van der Waals surface area contributed by atoms with E-state index in [0.29, 0.717) is 6.61 Å². The standard InChI is InChI=1S/C11H19N3O/c1-8(2)15-6-5-12-11-7-13-9(3)10(4)14-11/h7-8H,5-6H2,1-4H3,(H,12,14). The van der Waals surface area contributed by atoms with Gasteiger partial charge in [0.25, 0.3) is 0 Å². The van der Waals surface area contributed by atoms with Crippen LogP contribution in [0.1, 0.15) is 25.2 Å². The average molecular weight is 209 g/mol. The molecule has 1 aromatic rings. The molecule has 4 heteroatoms. The Labute approximate surface area is 91.1 Å². The summed E-state index contributed by atoms with van der Waals surface area (Å²) in [6, 6.07) is 0. The molecule has 0 atom stereocenters. The van der Waals surface area contributed by atoms with Gasteiger partial charge >= 0.3 is 0 Å². The highest BCUT2D eigenvalue weighted by Crippen LogP contribution is 2.04. The summed E-state index contributed by atoms with van der Waals surface area (Å²) in [6.45, 7) is 9.40. The highest BCUT2D eigenvalue weighted by atomic mass is 16.5. The second kappa shape index (κ2) is 5.66. The summed E-state index contributed by atoms with van der Waals surface area (Å²) >= 11 is 0. The molecule has 0 unspecified atom stereocenters. The molecule has 0 fully saturated rings. The SMILES string of the molecule is Cc1ncc(NCCOC(C)C)nc1C. The van der Waals surface area contributed by atoms with Crippen LogP contribution in [0.15, 0.2) is 6.20 Å². The monoisotopic (exact) mass is 209 g/mol. The number of aryl methyl sites for hydroxylation is 2. The predicted octanol–water partition coefficient (Wildman–Crippen LogP) is 1.93. The molecule has 0 amide bonds. The lowest BCUT2D eigenvalue weighted by Gasteiger charge is -2.09. The lowest BCUT2D eigenvalue weighted by molar-refractivity contribution is 0.0870. The van der Waals surface area contributed by atoms with Gasteiger partial charge in [0.05, 0.1) is 30.3 Å². The largest absolute Gasteiger partial charge is 0.377 e. The number of hydrogen-bond donors (Lipinski definition) is 1. The molecule has 15 heavy (non-hydrogen) atoms. The van der Waals surface area contributed by atoms with Crippen LogP contribution in [0.25, 0.3) is 0 Å². The van der Waals surface area contributed by atoms with E-state index in [2.05, 4.69) is 15.3 Å². The zero-order chi connectivity index (χ0) is 11.3. The van der Waals surface area contributed by atoms with Gasteiger partial charge in [0.1, 0.15) is 5.82 Å². The van der Waals surface area contributed by atoms with Gasteiger partial charge < -0.3 is 10.1 Å². The van der Waals surface area contributed by atoms with Gasteiger partial charge in [-0.3, -0.25) is 4.98 Å². The molecule has 0 saturated heterocycles. The molecule has 0 bridgehead atoms. The zero-order valence-electron chi connectivity index (χ0n) is 9.87. The minimum Gasteiger partial charge on any atom is -0.377 e. The predicted molar refractivity (Wildman–Crippen MR) is 61.1 cm³/mol. The highest BCUT2D eigenvalue weighted by molar-refractivity contribution is 5.33. The zero-order valence-corrected chi connectivity index (χ0v) is 9.87. The number of hydrogen-bond acceptors (Lipinski definition) is 4. The average Bonchev–Trinajstić information content (AvgIpc) is 2.18. The minimum absolute atomic E-state index is 0.276. The van der Waals surface area contributed by atoms with Crippen molar-refractivity contribution in [1.82, 2.24) is 9.97 Å². The maximum absolute atomic E-state index is 5.41. The molecule has 4 nitrogen and oxygen atoms in total. The molecule has 0 aromatic carbocycles. The Morgan fingerprint density at radius 2 is 2.07 bits per heavy atom. The van der Waals surface area contributed by atoms with Crippen LogP contribution in [-0.4, -0.2) is 29.2 Å². The summed E-state index contributed by atoms with van der Waals surface area (Å²) in [5.74, 6) is 0.811. The number of nitrogens with one attached hydrogen (secondary N) is 1. The van der Waals surface area contributed by atoms with Crippen molar-refractivity contribution >= 4 is 5.82 Å². The van der Waals surface area contributed by atoms with Crippen LogP contribution in [-0.2, 0) is 4.74 Å². The van der Waals surface area contributed by atoms with Gasteiger partial charge in [-0.15, -0.1) is 0 Å². The van der Waals surface area contributed by atoms with Gasteiger partial charge in [-0.25, -0.2) is 4.98 Å². The quantitative estimate of drug-likeness (QED) is 0.753. The summed E-state index contributed by atoms with van der Waals surface area (Å²) in [6.07, 6.45) is 2.02. The molecule has 84 valence electrons. The second-order valence-corrected chi connectivity index (χ2v) is 3.77. The molecule has 1 N–H and O–H groups in total. The fraction of sp³-hybridized carbons (Fsp3) is 0.636. The Hall–Kier alpha value is -1.16. The maximum atomic E-state index is 5.41. The van der Waals surface area contributed by atoms with E-state index < -0.39 is 0 Å². The van der Waals surface area contributed by atoms with Crippen molar-refractivity contribution in [3.63, 3.8) is 0 Å². The van der Waals surface area contributed by atoms with Crippen molar-refractivity contribution in [3.05, 3.63) is 17.6 Å². The summed E-state index contributed by atoms with van der Waals surface area (Å²) in [5, 5.41) is 3.17. The van der Waals surface area contributed by atoms with Crippen LogP contribution in [0.3, 0.4) is 0 Å². The first-order chi connectivity index (χ1) is 7.09. The molecular weight excluding hydrogens is 190 g/mol. The van der Waals surface area contributed by atoms with Crippen molar-refractivity contribution in [2.24, 2.45) is 0 Å². The number of anilines is 1. The van der Waals surface area contributed by atoms with Crippen LogP contribution in [0.5, 0.6) is 0 Å². The number of aromatic nitrogens is 2. The lowest BCUT2D eigenvalue weighted by Crippen LogP contribution is -2.14. The van der Waals surface area contributed by atoms with Crippen molar-refractivity contribution in [2.45, 2.75) is 33.8 Å². The molecule has 0 spiro atoms. The van der Waals surface area contributed by atoms with Gasteiger partial charge in [-0.05, 0) is 27.7 Å². The number of nitrogens with zero attached hydrogens (tertiary/aromatic N) is 2. The third kappa shape index (κ3) is 4.25. The van der Waals surface area contributed by atoms with Gasteiger partial charge in [0.15, 0.2) is 0 Å². The van der Waals surface area contributed by atoms with E-state index in [1.807, 2.05) is 27.7 Å². The Bertz CT molecular complexity index is 313. The molecule has 0 radical (unpaired) electrons. The first-order valence-electron chi connectivity index (χ1n) is 5.25. The molecule has 0 aliphatic carbocycles. The fourth-order valence-electron chi connectivity index (χ4n) is 1.10. The maximum Gasteiger partial charge on any atom is 0.144 e. The summed E-state index contributed by atoms with van der Waals surface area (Å²) < 4.78 is 5.41. The van der Waals surface area contributed by atoms with E-state index in [0.717, 1.165) is 23.8 Å². The molecule has 0 saturated carbocycles. The van der Waals surface area contributed by atoms with Crippen molar-refractivity contribution < 1.29 is 4.74 Å². The third-order valence-corrected chi connectivity index (χ3v) is 2.05. The first-order valence-corrected chi connectivity index (χ1v) is 5.25. The topological polar surface area (TPSA) is 47.0 Å². The number of rotatable bonds is 5. The van der Waals surface area contributed by atoms with E-state index >= 15 is 0 Å². The van der Waals surface area contributed by atoms with E-state index in [9.17, 15) is 0 Å². The summed E-state index contributed by atoms with van der Waals surface area (Å²) in [5.41, 5.74) is 1.93. The van der Waals surface area contributed by atoms with Crippen molar-refractivity contribution in [1.29, 1.82) is 0 Å². The third-order valence-electron chi connectivity index (χ3n) is 2.05. The van der Waals surface area contributed by atoms with E-state index in [-0.39, 0.29) is 6.10 Å². The molecule has 1 aromatic heterocycles. The lowest BCUT2D eigenvalue weighted by atomic mass is 10.3.